The second-order valence-electron chi connectivity index (χ2n) is 6.96. The van der Waals surface area contributed by atoms with Gasteiger partial charge in [-0.1, -0.05) is 23.7 Å². The van der Waals surface area contributed by atoms with E-state index in [4.69, 9.17) is 21.1 Å². The van der Waals surface area contributed by atoms with E-state index in [1.807, 2.05) is 41.4 Å². The van der Waals surface area contributed by atoms with Gasteiger partial charge in [-0.05, 0) is 30.2 Å². The van der Waals surface area contributed by atoms with E-state index in [2.05, 4.69) is 5.10 Å². The summed E-state index contributed by atoms with van der Waals surface area (Å²) in [7, 11) is 1.61. The minimum Gasteiger partial charge on any atom is -0.494 e. The van der Waals surface area contributed by atoms with Crippen molar-refractivity contribution >= 4 is 23.0 Å². The molecule has 2 aliphatic rings. The van der Waals surface area contributed by atoms with E-state index in [-0.39, 0.29) is 18.1 Å². The second-order valence-corrected chi connectivity index (χ2v) is 7.37. The van der Waals surface area contributed by atoms with Gasteiger partial charge in [0.25, 0.3) is 5.91 Å². The maximum absolute atomic E-state index is 12.8. The Balaban J connectivity index is 1.45. The summed E-state index contributed by atoms with van der Waals surface area (Å²) in [6.07, 6.45) is 4.66. The second kappa shape index (κ2) is 6.25. The van der Waals surface area contributed by atoms with Crippen LogP contribution in [0.2, 0.25) is 5.02 Å². The van der Waals surface area contributed by atoms with Crippen LogP contribution < -0.4 is 4.74 Å². The van der Waals surface area contributed by atoms with Crippen molar-refractivity contribution in [3.8, 4) is 16.9 Å². The number of halogens is 1. The predicted molar refractivity (Wildman–Crippen MR) is 101 cm³/mol. The Kier molecular flexibility index (Phi) is 3.84. The van der Waals surface area contributed by atoms with Gasteiger partial charge in [0.1, 0.15) is 11.3 Å². The highest BCUT2D eigenvalue weighted by atomic mass is 35.5. The lowest BCUT2D eigenvalue weighted by Gasteiger charge is -2.27. The number of ether oxygens (including phenoxy) is 2. The maximum atomic E-state index is 12.8. The monoisotopic (exact) mass is 383 g/mol. The fourth-order valence-corrected chi connectivity index (χ4v) is 4.20. The van der Waals surface area contributed by atoms with Crippen molar-refractivity contribution in [1.82, 2.24) is 14.5 Å². The lowest BCUT2D eigenvalue weighted by molar-refractivity contribution is 0.0259. The summed E-state index contributed by atoms with van der Waals surface area (Å²) in [5.74, 6) is 0.729. The molecule has 6 nitrogen and oxygen atoms in total. The van der Waals surface area contributed by atoms with Crippen LogP contribution in [0.25, 0.3) is 16.6 Å². The highest BCUT2D eigenvalue weighted by molar-refractivity contribution is 6.34. The van der Waals surface area contributed by atoms with Crippen molar-refractivity contribution in [3.05, 3.63) is 53.3 Å². The van der Waals surface area contributed by atoms with E-state index < -0.39 is 0 Å². The highest BCUT2D eigenvalue weighted by Crippen LogP contribution is 2.33. The molecule has 1 aromatic carbocycles. The quantitative estimate of drug-likeness (QED) is 0.696. The van der Waals surface area contributed by atoms with E-state index >= 15 is 0 Å². The Morgan fingerprint density at radius 3 is 2.78 bits per heavy atom. The van der Waals surface area contributed by atoms with Gasteiger partial charge >= 0.3 is 0 Å². The van der Waals surface area contributed by atoms with Crippen LogP contribution >= 0.6 is 11.6 Å². The third-order valence-corrected chi connectivity index (χ3v) is 5.66. The highest BCUT2D eigenvalue weighted by Gasteiger charge is 2.41. The van der Waals surface area contributed by atoms with Crippen molar-refractivity contribution in [1.29, 1.82) is 0 Å². The summed E-state index contributed by atoms with van der Waals surface area (Å²) in [4.78, 5) is 14.7. The Hall–Kier alpha value is -2.57. The van der Waals surface area contributed by atoms with Gasteiger partial charge in [-0.3, -0.25) is 4.79 Å². The third kappa shape index (κ3) is 2.67. The predicted octanol–water partition coefficient (Wildman–Crippen LogP) is 3.28. The van der Waals surface area contributed by atoms with E-state index in [0.717, 1.165) is 23.1 Å². The fraction of sp³-hybridized carbons (Fsp3) is 0.300. The lowest BCUT2D eigenvalue weighted by Crippen LogP contribution is -2.41. The molecular weight excluding hydrogens is 366 g/mol. The minimum absolute atomic E-state index is 0.0734. The number of nitrogens with zero attached hydrogens (tertiary/aromatic N) is 3. The molecule has 27 heavy (non-hydrogen) atoms. The van der Waals surface area contributed by atoms with Crippen LogP contribution in [0.5, 0.6) is 5.75 Å². The molecular formula is C20H18ClN3O3. The molecule has 0 radical (unpaired) electrons. The summed E-state index contributed by atoms with van der Waals surface area (Å²) >= 11 is 6.19. The molecule has 0 saturated carbocycles. The first-order chi connectivity index (χ1) is 13.1. The number of fused-ring (bicyclic) bond motifs is 3. The zero-order chi connectivity index (χ0) is 18.5. The Morgan fingerprint density at radius 2 is 2.11 bits per heavy atom. The van der Waals surface area contributed by atoms with Gasteiger partial charge in [0.05, 0.1) is 37.1 Å². The van der Waals surface area contributed by atoms with Crippen molar-refractivity contribution in [3.63, 3.8) is 0 Å². The number of carbonyl (C=O) groups excluding carboxylic acids is 1. The Labute approximate surface area is 161 Å². The molecule has 2 unspecified atom stereocenters. The summed E-state index contributed by atoms with van der Waals surface area (Å²) in [6.45, 7) is 1.35. The number of pyridine rings is 1. The third-order valence-electron chi connectivity index (χ3n) is 5.38. The van der Waals surface area contributed by atoms with Gasteiger partial charge in [0.15, 0.2) is 0 Å². The number of benzene rings is 1. The number of amides is 1. The summed E-state index contributed by atoms with van der Waals surface area (Å²) < 4.78 is 12.8. The number of hydrogen-bond acceptors (Lipinski definition) is 4. The van der Waals surface area contributed by atoms with Gasteiger partial charge in [-0.25, -0.2) is 4.52 Å². The average molecular weight is 384 g/mol. The zero-order valence-corrected chi connectivity index (χ0v) is 15.5. The topological polar surface area (TPSA) is 56.1 Å². The number of likely N-dealkylation sites (tertiary alicyclic amines) is 1. The van der Waals surface area contributed by atoms with Crippen molar-refractivity contribution in [2.75, 3.05) is 20.3 Å². The lowest BCUT2D eigenvalue weighted by atomic mass is 10.0. The SMILES string of the molecule is COc1cc(-c2ccc(C(=O)N3CC4CC3CO4)cc2)cn2ncc(Cl)c12. The molecule has 1 amide bonds. The molecule has 2 saturated heterocycles. The van der Waals surface area contributed by atoms with Crippen LogP contribution in [0.4, 0.5) is 0 Å². The number of methoxy groups -OCH3 is 1. The molecule has 138 valence electrons. The van der Waals surface area contributed by atoms with Crippen LogP contribution in [-0.4, -0.2) is 52.8 Å². The van der Waals surface area contributed by atoms with E-state index in [1.165, 1.54) is 0 Å². The largest absolute Gasteiger partial charge is 0.494 e. The zero-order valence-electron chi connectivity index (χ0n) is 14.8. The van der Waals surface area contributed by atoms with Crippen molar-refractivity contribution < 1.29 is 14.3 Å². The Morgan fingerprint density at radius 1 is 1.30 bits per heavy atom. The van der Waals surface area contributed by atoms with Gasteiger partial charge in [-0.15, -0.1) is 0 Å². The summed E-state index contributed by atoms with van der Waals surface area (Å²) in [6, 6.07) is 9.79. The molecule has 2 aromatic heterocycles. The van der Waals surface area contributed by atoms with Crippen molar-refractivity contribution in [2.24, 2.45) is 0 Å². The first-order valence-electron chi connectivity index (χ1n) is 8.88. The van der Waals surface area contributed by atoms with E-state index in [0.29, 0.717) is 29.5 Å². The molecule has 0 spiro atoms. The molecule has 4 heterocycles. The number of carbonyl (C=O) groups is 1. The first-order valence-corrected chi connectivity index (χ1v) is 9.25. The van der Waals surface area contributed by atoms with Crippen LogP contribution in [0, 0.1) is 0 Å². The van der Waals surface area contributed by atoms with Gasteiger partial charge in [0.2, 0.25) is 0 Å². The molecule has 0 N–H and O–H groups in total. The summed E-state index contributed by atoms with van der Waals surface area (Å²) in [5, 5.41) is 4.81. The number of aromatic nitrogens is 2. The molecule has 2 fully saturated rings. The van der Waals surface area contributed by atoms with E-state index in [9.17, 15) is 4.79 Å². The maximum Gasteiger partial charge on any atom is 0.254 e. The Bertz CT molecular complexity index is 1030. The smallest absolute Gasteiger partial charge is 0.254 e. The number of rotatable bonds is 3. The van der Waals surface area contributed by atoms with Gasteiger partial charge in [-0.2, -0.15) is 5.10 Å². The molecule has 2 aliphatic heterocycles. The van der Waals surface area contributed by atoms with Crippen LogP contribution in [0.1, 0.15) is 16.8 Å². The van der Waals surface area contributed by atoms with Crippen LogP contribution in [0.15, 0.2) is 42.7 Å². The van der Waals surface area contributed by atoms with Crippen LogP contribution in [-0.2, 0) is 4.74 Å². The number of morpholine rings is 1. The molecule has 7 heteroatoms. The molecule has 5 rings (SSSR count). The first kappa shape index (κ1) is 16.6. The standard InChI is InChI=1S/C20H18ClN3O3/c1-26-18-6-14(9-24-19(18)17(21)8-22-24)12-2-4-13(5-3-12)20(25)23-10-16-7-15(23)11-27-16/h2-6,8-9,15-16H,7,10-11H2,1H3. The van der Waals surface area contributed by atoms with Gasteiger partial charge in [0, 0.05) is 23.9 Å². The minimum atomic E-state index is 0.0734. The van der Waals surface area contributed by atoms with E-state index in [1.54, 1.807) is 17.8 Å². The normalized spacial score (nSPS) is 21.2. The fourth-order valence-electron chi connectivity index (χ4n) is 3.98. The average Bonchev–Trinajstić information content (AvgIpc) is 3.43. The number of hydrogen-bond donors (Lipinski definition) is 0. The molecule has 0 aliphatic carbocycles. The molecule has 2 atom stereocenters. The molecule has 3 aromatic rings. The van der Waals surface area contributed by atoms with Gasteiger partial charge < -0.3 is 14.4 Å². The summed E-state index contributed by atoms with van der Waals surface area (Å²) in [5.41, 5.74) is 3.35. The van der Waals surface area contributed by atoms with Crippen molar-refractivity contribution in [2.45, 2.75) is 18.6 Å². The van der Waals surface area contributed by atoms with Crippen LogP contribution in [0.3, 0.4) is 0 Å². The molecule has 2 bridgehead atoms.